The van der Waals surface area contributed by atoms with Gasteiger partial charge in [0.15, 0.2) is 0 Å². The van der Waals surface area contributed by atoms with Crippen molar-refractivity contribution < 1.29 is 4.74 Å². The van der Waals surface area contributed by atoms with Crippen molar-refractivity contribution in [3.8, 4) is 0 Å². The third kappa shape index (κ3) is 4.68. The Balaban J connectivity index is 2.86. The van der Waals surface area contributed by atoms with E-state index in [4.69, 9.17) is 4.74 Å². The molecule has 50 valence electrons. The van der Waals surface area contributed by atoms with Crippen molar-refractivity contribution in [3.05, 3.63) is 0 Å². The van der Waals surface area contributed by atoms with E-state index in [9.17, 15) is 0 Å². The Labute approximate surface area is 59.0 Å². The monoisotopic (exact) mass is 150 g/mol. The van der Waals surface area contributed by atoms with E-state index in [1.807, 2.05) is 0 Å². The second-order valence-electron chi connectivity index (χ2n) is 1.83. The van der Waals surface area contributed by atoms with Crippen LogP contribution in [0.2, 0.25) is 12.6 Å². The highest BCUT2D eigenvalue weighted by Gasteiger charge is 1.96. The first-order chi connectivity index (χ1) is 3.81. The molecule has 0 amide bonds. The molecule has 0 N–H and O–H groups in total. The molecular formula is C5H14OSSi. The van der Waals surface area contributed by atoms with Gasteiger partial charge in [-0.05, 0) is 6.42 Å². The van der Waals surface area contributed by atoms with E-state index in [0.717, 1.165) is 6.42 Å². The largest absolute Gasteiger partial charge is 0.371 e. The molecule has 0 spiro atoms. The van der Waals surface area contributed by atoms with Gasteiger partial charge >= 0.3 is 0 Å². The molecule has 0 aliphatic rings. The zero-order chi connectivity index (χ0) is 6.41. The van der Waals surface area contributed by atoms with Gasteiger partial charge < -0.3 is 4.74 Å². The summed E-state index contributed by atoms with van der Waals surface area (Å²) in [4.78, 5) is 0. The Bertz CT molecular complexity index is 51.7. The fourth-order valence-electron chi connectivity index (χ4n) is 0.497. The molecule has 0 heterocycles. The van der Waals surface area contributed by atoms with Crippen molar-refractivity contribution in [3.63, 3.8) is 0 Å². The van der Waals surface area contributed by atoms with E-state index in [1.54, 1.807) is 7.11 Å². The van der Waals surface area contributed by atoms with Gasteiger partial charge in [0.25, 0.3) is 0 Å². The highest BCUT2D eigenvalue weighted by molar-refractivity contribution is 7.80. The quantitative estimate of drug-likeness (QED) is 0.356. The highest BCUT2D eigenvalue weighted by atomic mass is 32.1. The Morgan fingerprint density at radius 3 is 2.75 bits per heavy atom. The van der Waals surface area contributed by atoms with Crippen molar-refractivity contribution in [2.24, 2.45) is 0 Å². The normalized spacial score (nSPS) is 15.4. The zero-order valence-electron chi connectivity index (χ0n) is 5.55. The summed E-state index contributed by atoms with van der Waals surface area (Å²) < 4.78 is 4.94. The maximum absolute atomic E-state index is 4.94. The summed E-state index contributed by atoms with van der Waals surface area (Å²) in [5.74, 6) is 0. The van der Waals surface area contributed by atoms with Crippen LogP contribution < -0.4 is 0 Å². The zero-order valence-corrected chi connectivity index (χ0v) is 7.86. The predicted octanol–water partition coefficient (Wildman–Crippen LogP) is 0.914. The molecular weight excluding hydrogens is 136 g/mol. The molecule has 1 unspecified atom stereocenters. The number of ether oxygens (including phenoxy) is 1. The van der Waals surface area contributed by atoms with Crippen LogP contribution in [0, 0.1) is 0 Å². The summed E-state index contributed by atoms with van der Waals surface area (Å²) in [6.07, 6.45) is 1.13. The van der Waals surface area contributed by atoms with Gasteiger partial charge in [-0.1, -0.05) is 12.6 Å². The lowest BCUT2D eigenvalue weighted by molar-refractivity contribution is 0.172. The number of hydrogen-bond acceptors (Lipinski definition) is 2. The average molecular weight is 150 g/mol. The van der Waals surface area contributed by atoms with E-state index >= 15 is 0 Å². The smallest absolute Gasteiger partial charge is 0.0992 e. The molecule has 1 atom stereocenters. The summed E-state index contributed by atoms with van der Waals surface area (Å²) in [6, 6.07) is 1.35. The van der Waals surface area contributed by atoms with Gasteiger partial charge in [-0.15, -0.1) is 12.6 Å². The van der Waals surface area contributed by atoms with Crippen LogP contribution in [0.3, 0.4) is 0 Å². The van der Waals surface area contributed by atoms with Gasteiger partial charge in [-0.2, -0.15) is 0 Å². The van der Waals surface area contributed by atoms with Crippen LogP contribution >= 0.6 is 12.6 Å². The second-order valence-corrected chi connectivity index (χ2v) is 4.12. The third-order valence-electron chi connectivity index (χ3n) is 1.08. The minimum Gasteiger partial charge on any atom is -0.371 e. The van der Waals surface area contributed by atoms with Gasteiger partial charge in [0.1, 0.15) is 0 Å². The third-order valence-corrected chi connectivity index (χ3v) is 2.66. The van der Waals surface area contributed by atoms with Crippen LogP contribution in [-0.2, 0) is 4.74 Å². The lowest BCUT2D eigenvalue weighted by Crippen LogP contribution is -2.01. The summed E-state index contributed by atoms with van der Waals surface area (Å²) in [5, 5.41) is 0. The Kier molecular flexibility index (Phi) is 6.03. The van der Waals surface area contributed by atoms with Gasteiger partial charge in [0.05, 0.1) is 5.44 Å². The van der Waals surface area contributed by atoms with Gasteiger partial charge in [0, 0.05) is 16.6 Å². The van der Waals surface area contributed by atoms with Crippen molar-refractivity contribution >= 4 is 22.1 Å². The maximum atomic E-state index is 4.94. The molecule has 0 saturated heterocycles. The molecule has 0 aromatic rings. The van der Waals surface area contributed by atoms with Gasteiger partial charge in [-0.3, -0.25) is 0 Å². The van der Waals surface area contributed by atoms with E-state index in [-0.39, 0.29) is 15.0 Å². The summed E-state index contributed by atoms with van der Waals surface area (Å²) in [5.41, 5.74) is 0.183. The SMILES string of the molecule is COC(S)CC[SiH2]C. The summed E-state index contributed by atoms with van der Waals surface area (Å²) in [6.45, 7) is 2.30. The van der Waals surface area contributed by atoms with Crippen molar-refractivity contribution in [1.82, 2.24) is 0 Å². The van der Waals surface area contributed by atoms with Crippen LogP contribution in [-0.4, -0.2) is 22.1 Å². The van der Waals surface area contributed by atoms with Crippen LogP contribution in [0.15, 0.2) is 0 Å². The molecule has 0 bridgehead atoms. The summed E-state index contributed by atoms with van der Waals surface area (Å²) in [7, 11) is 1.94. The second kappa shape index (κ2) is 5.66. The number of thiol groups is 1. The highest BCUT2D eigenvalue weighted by Crippen LogP contribution is 2.03. The van der Waals surface area contributed by atoms with E-state index < -0.39 is 0 Å². The average Bonchev–Trinajstić information content (AvgIpc) is 1.83. The molecule has 0 aromatic heterocycles. The molecule has 1 nitrogen and oxygen atoms in total. The van der Waals surface area contributed by atoms with Crippen molar-refractivity contribution in [2.45, 2.75) is 24.4 Å². The first-order valence-corrected chi connectivity index (χ1v) is 5.95. The number of rotatable bonds is 4. The van der Waals surface area contributed by atoms with Crippen molar-refractivity contribution in [2.75, 3.05) is 7.11 Å². The van der Waals surface area contributed by atoms with Crippen molar-refractivity contribution in [1.29, 1.82) is 0 Å². The lowest BCUT2D eigenvalue weighted by Gasteiger charge is -2.04. The molecule has 0 rings (SSSR count). The summed E-state index contributed by atoms with van der Waals surface area (Å²) >= 11 is 4.16. The van der Waals surface area contributed by atoms with Crippen LogP contribution in [0.25, 0.3) is 0 Å². The minimum absolute atomic E-state index is 0.183. The molecule has 0 radical (unpaired) electrons. The molecule has 0 fully saturated rings. The predicted molar refractivity (Wildman–Crippen MR) is 43.6 cm³/mol. The first-order valence-electron chi connectivity index (χ1n) is 3.02. The Morgan fingerprint density at radius 2 is 2.38 bits per heavy atom. The van der Waals surface area contributed by atoms with Gasteiger partial charge in [0.2, 0.25) is 0 Å². The van der Waals surface area contributed by atoms with Crippen LogP contribution in [0.5, 0.6) is 0 Å². The fourth-order valence-corrected chi connectivity index (χ4v) is 1.80. The minimum atomic E-state index is 0.183. The standard InChI is InChI=1S/C5H14OSSi/c1-6-5(7)3-4-8-2/h5,7H,3-4,8H2,1-2H3. The molecule has 3 heteroatoms. The number of hydrogen-bond donors (Lipinski definition) is 1. The number of methoxy groups -OCH3 is 1. The Hall–Kier alpha value is 0.527. The molecule has 0 saturated carbocycles. The first kappa shape index (κ1) is 8.53. The lowest BCUT2D eigenvalue weighted by atomic mass is 10.5. The topological polar surface area (TPSA) is 9.23 Å². The van der Waals surface area contributed by atoms with E-state index in [0.29, 0.717) is 0 Å². The van der Waals surface area contributed by atoms with E-state index in [1.165, 1.54) is 6.04 Å². The van der Waals surface area contributed by atoms with Crippen LogP contribution in [0.4, 0.5) is 0 Å². The molecule has 0 aromatic carbocycles. The molecule has 0 aliphatic heterocycles. The molecule has 0 aliphatic carbocycles. The molecule has 8 heavy (non-hydrogen) atoms. The maximum Gasteiger partial charge on any atom is 0.0992 e. The Morgan fingerprint density at radius 1 is 1.75 bits per heavy atom. The van der Waals surface area contributed by atoms with Gasteiger partial charge in [-0.25, -0.2) is 0 Å². The van der Waals surface area contributed by atoms with E-state index in [2.05, 4.69) is 19.2 Å². The van der Waals surface area contributed by atoms with Crippen LogP contribution in [0.1, 0.15) is 6.42 Å². The fraction of sp³-hybridized carbons (Fsp3) is 1.00.